The number of fused-ring (bicyclic) bond motifs is 5. The minimum absolute atomic E-state index is 0.0107. The highest BCUT2D eigenvalue weighted by Gasteiger charge is 2.40. The average Bonchev–Trinajstić information content (AvgIpc) is 3.58. The molecule has 35 heavy (non-hydrogen) atoms. The summed E-state index contributed by atoms with van der Waals surface area (Å²) in [6, 6.07) is 33.9. The van der Waals surface area contributed by atoms with E-state index >= 15 is 0 Å². The highest BCUT2D eigenvalue weighted by molar-refractivity contribution is 5.91. The lowest BCUT2D eigenvalue weighted by molar-refractivity contribution is 0.420. The Hall–Kier alpha value is -3.32. The summed E-state index contributed by atoms with van der Waals surface area (Å²) in [6.07, 6.45) is 5.75. The zero-order valence-corrected chi connectivity index (χ0v) is 20.7. The maximum atomic E-state index is 3.82. The largest absolute Gasteiger partial charge is 0.355 e. The van der Waals surface area contributed by atoms with Crippen molar-refractivity contribution in [1.82, 2.24) is 0 Å². The van der Waals surface area contributed by atoms with E-state index in [0.717, 1.165) is 17.8 Å². The first-order valence-electron chi connectivity index (χ1n) is 13.3. The summed E-state index contributed by atoms with van der Waals surface area (Å²) in [5.41, 5.74) is 11.9. The van der Waals surface area contributed by atoms with Crippen LogP contribution in [0.5, 0.6) is 0 Å². The molecule has 0 radical (unpaired) electrons. The number of hydrogen-bond donors (Lipinski definition) is 1. The minimum atomic E-state index is -0.0107. The molecule has 174 valence electrons. The van der Waals surface area contributed by atoms with Crippen LogP contribution in [-0.2, 0) is 5.41 Å². The molecule has 0 amide bonds. The first-order chi connectivity index (χ1) is 17.1. The topological polar surface area (TPSA) is 12.0 Å². The van der Waals surface area contributed by atoms with E-state index in [9.17, 15) is 0 Å². The number of rotatable bonds is 4. The van der Waals surface area contributed by atoms with Crippen molar-refractivity contribution in [2.75, 3.05) is 5.32 Å². The summed E-state index contributed by atoms with van der Waals surface area (Å²) in [5, 5.41) is 3.82. The summed E-state index contributed by atoms with van der Waals surface area (Å²) >= 11 is 0. The molecule has 2 fully saturated rings. The third-order valence-corrected chi connectivity index (χ3v) is 9.16. The highest BCUT2D eigenvalue weighted by atomic mass is 14.9. The molecule has 1 nitrogen and oxygen atoms in total. The van der Waals surface area contributed by atoms with E-state index < -0.39 is 0 Å². The Kier molecular flexibility index (Phi) is 4.71. The van der Waals surface area contributed by atoms with Gasteiger partial charge in [-0.05, 0) is 94.7 Å². The van der Waals surface area contributed by atoms with Crippen molar-refractivity contribution in [3.63, 3.8) is 0 Å². The summed E-state index contributed by atoms with van der Waals surface area (Å²) in [7, 11) is 0. The summed E-state index contributed by atoms with van der Waals surface area (Å²) < 4.78 is 0. The molecule has 1 N–H and O–H groups in total. The molecule has 3 unspecified atom stereocenters. The zero-order chi connectivity index (χ0) is 23.6. The van der Waals surface area contributed by atoms with Crippen LogP contribution in [0.1, 0.15) is 62.1 Å². The fourth-order valence-electron chi connectivity index (χ4n) is 7.33. The van der Waals surface area contributed by atoms with Crippen LogP contribution in [0.3, 0.4) is 0 Å². The fourth-order valence-corrected chi connectivity index (χ4v) is 7.33. The molecule has 4 aromatic carbocycles. The predicted molar refractivity (Wildman–Crippen MR) is 147 cm³/mol. The van der Waals surface area contributed by atoms with Crippen LogP contribution in [0.25, 0.3) is 22.3 Å². The fraction of sp³-hybridized carbons (Fsp3) is 0.294. The van der Waals surface area contributed by atoms with Crippen LogP contribution in [0.15, 0.2) is 91.0 Å². The van der Waals surface area contributed by atoms with Crippen molar-refractivity contribution in [2.24, 2.45) is 11.8 Å². The number of benzene rings is 4. The van der Waals surface area contributed by atoms with Crippen molar-refractivity contribution >= 4 is 11.4 Å². The zero-order valence-electron chi connectivity index (χ0n) is 20.7. The lowest BCUT2D eigenvalue weighted by atomic mass is 9.81. The molecule has 0 aliphatic heterocycles. The molecule has 0 aromatic heterocycles. The second-order valence-corrected chi connectivity index (χ2v) is 11.5. The third kappa shape index (κ3) is 3.36. The van der Waals surface area contributed by atoms with Gasteiger partial charge < -0.3 is 5.32 Å². The normalized spacial score (nSPS) is 23.2. The summed E-state index contributed by atoms with van der Waals surface area (Å²) in [4.78, 5) is 0. The van der Waals surface area contributed by atoms with E-state index in [1.807, 2.05) is 0 Å². The second-order valence-electron chi connectivity index (χ2n) is 11.5. The smallest absolute Gasteiger partial charge is 0.0467 e. The Morgan fingerprint density at radius 2 is 1.46 bits per heavy atom. The van der Waals surface area contributed by atoms with Gasteiger partial charge in [-0.1, -0.05) is 87.0 Å². The molecule has 3 atom stereocenters. The van der Waals surface area contributed by atoms with Gasteiger partial charge in [0.05, 0.1) is 0 Å². The van der Waals surface area contributed by atoms with Gasteiger partial charge in [-0.25, -0.2) is 0 Å². The van der Waals surface area contributed by atoms with Crippen molar-refractivity contribution in [3.8, 4) is 22.3 Å². The maximum Gasteiger partial charge on any atom is 0.0467 e. The quantitative estimate of drug-likeness (QED) is 0.323. The van der Waals surface area contributed by atoms with Crippen LogP contribution >= 0.6 is 0 Å². The lowest BCUT2D eigenvalue weighted by Gasteiger charge is -2.24. The van der Waals surface area contributed by atoms with E-state index in [4.69, 9.17) is 0 Å². The molecule has 2 bridgehead atoms. The van der Waals surface area contributed by atoms with Gasteiger partial charge in [-0.15, -0.1) is 0 Å². The van der Waals surface area contributed by atoms with Crippen LogP contribution in [0, 0.1) is 11.8 Å². The Labute approximate surface area is 209 Å². The second kappa shape index (κ2) is 7.85. The number of hydrogen-bond acceptors (Lipinski definition) is 1. The van der Waals surface area contributed by atoms with Gasteiger partial charge >= 0.3 is 0 Å². The Bertz CT molecular complexity index is 1400. The van der Waals surface area contributed by atoms with Gasteiger partial charge in [0.15, 0.2) is 0 Å². The van der Waals surface area contributed by atoms with Gasteiger partial charge in [-0.2, -0.15) is 0 Å². The SMILES string of the molecule is CC1(C)c2ccccc2-c2cc(-c3ccccc3)c(Nc3ccc(C4CC5CCC4C5)cc3)cc21. The molecule has 7 rings (SSSR count). The molecular weight excluding hydrogens is 422 g/mol. The summed E-state index contributed by atoms with van der Waals surface area (Å²) in [5.74, 6) is 2.68. The van der Waals surface area contributed by atoms with Crippen LogP contribution in [0.4, 0.5) is 11.4 Å². The first-order valence-corrected chi connectivity index (χ1v) is 13.3. The Morgan fingerprint density at radius 3 is 2.20 bits per heavy atom. The summed E-state index contributed by atoms with van der Waals surface area (Å²) in [6.45, 7) is 4.71. The van der Waals surface area contributed by atoms with Crippen LogP contribution in [0.2, 0.25) is 0 Å². The Morgan fingerprint density at radius 1 is 0.686 bits per heavy atom. The van der Waals surface area contributed by atoms with Gasteiger partial charge in [0.2, 0.25) is 0 Å². The predicted octanol–water partition coefficient (Wildman–Crippen LogP) is 9.31. The Balaban J connectivity index is 1.29. The van der Waals surface area contributed by atoms with Crippen molar-refractivity contribution in [3.05, 3.63) is 108 Å². The van der Waals surface area contributed by atoms with Crippen LogP contribution < -0.4 is 5.32 Å². The van der Waals surface area contributed by atoms with Gasteiger partial charge in [0, 0.05) is 22.4 Å². The number of nitrogens with one attached hydrogen (secondary N) is 1. The van der Waals surface area contributed by atoms with Gasteiger partial charge in [0.1, 0.15) is 0 Å². The molecule has 3 aliphatic rings. The van der Waals surface area contributed by atoms with Crippen molar-refractivity contribution < 1.29 is 0 Å². The van der Waals surface area contributed by atoms with Gasteiger partial charge in [-0.3, -0.25) is 0 Å². The van der Waals surface area contributed by atoms with E-state index in [-0.39, 0.29) is 5.41 Å². The molecular formula is C34H33N. The standard InChI is InChI=1S/C34H33N/c1-34(2)31-11-7-6-10-27(31)30-20-29(23-8-4-3-5-9-23)33(21-32(30)34)35-26-16-14-24(15-17-26)28-19-22-12-13-25(28)18-22/h3-11,14-17,20-22,25,28,35H,12-13,18-19H2,1-2H3. The van der Waals surface area contributed by atoms with Crippen molar-refractivity contribution in [2.45, 2.75) is 50.9 Å². The average molecular weight is 456 g/mol. The lowest BCUT2D eigenvalue weighted by Crippen LogP contribution is -2.15. The molecule has 3 aliphatic carbocycles. The molecule has 0 saturated heterocycles. The third-order valence-electron chi connectivity index (χ3n) is 9.16. The van der Waals surface area contributed by atoms with E-state index in [0.29, 0.717) is 0 Å². The van der Waals surface area contributed by atoms with E-state index in [1.54, 1.807) is 0 Å². The molecule has 0 spiro atoms. The minimum Gasteiger partial charge on any atom is -0.355 e. The highest BCUT2D eigenvalue weighted by Crippen LogP contribution is 2.53. The molecule has 0 heterocycles. The van der Waals surface area contributed by atoms with E-state index in [1.165, 1.54) is 76.0 Å². The number of anilines is 2. The molecule has 1 heteroatoms. The van der Waals surface area contributed by atoms with Crippen LogP contribution in [-0.4, -0.2) is 0 Å². The molecule has 2 saturated carbocycles. The molecule has 4 aromatic rings. The monoisotopic (exact) mass is 455 g/mol. The van der Waals surface area contributed by atoms with Gasteiger partial charge in [0.25, 0.3) is 0 Å². The first kappa shape index (κ1) is 21.0. The van der Waals surface area contributed by atoms with Crippen molar-refractivity contribution in [1.29, 1.82) is 0 Å². The maximum absolute atomic E-state index is 3.82. The van der Waals surface area contributed by atoms with E-state index in [2.05, 4.69) is 110 Å².